The van der Waals surface area contributed by atoms with Gasteiger partial charge in [-0.3, -0.25) is 0 Å². The van der Waals surface area contributed by atoms with Crippen LogP contribution >= 0.6 is 0 Å². The van der Waals surface area contributed by atoms with Gasteiger partial charge in [0.2, 0.25) is 0 Å². The normalized spacial score (nSPS) is 16.3. The fourth-order valence-electron chi connectivity index (χ4n) is 5.11. The van der Waals surface area contributed by atoms with Gasteiger partial charge < -0.3 is 9.80 Å². The predicted molar refractivity (Wildman–Crippen MR) is 129 cm³/mol. The molecule has 0 aromatic heterocycles. The van der Waals surface area contributed by atoms with Crippen molar-refractivity contribution in [2.45, 2.75) is 58.8 Å². The smallest absolute Gasteiger partial charge is 0.100 e. The maximum Gasteiger partial charge on any atom is 0.100 e. The fraction of sp³-hybridized carbons (Fsp3) is 0.357. The Hall–Kier alpha value is -2.74. The molecule has 0 saturated carbocycles. The number of benzene rings is 3. The Morgan fingerprint density at radius 1 is 0.700 bits per heavy atom. The lowest BCUT2D eigenvalue weighted by Gasteiger charge is -2.39. The molecule has 0 atom stereocenters. The van der Waals surface area contributed by atoms with Gasteiger partial charge in [0.15, 0.2) is 0 Å². The molecule has 0 aliphatic carbocycles. The largest absolute Gasteiger partial charge is 0.321 e. The first-order valence-electron chi connectivity index (χ1n) is 11.2. The number of para-hydroxylation sites is 2. The maximum absolute atomic E-state index is 2.52. The van der Waals surface area contributed by atoms with Gasteiger partial charge >= 0.3 is 0 Å². The molecule has 2 nitrogen and oxygen atoms in total. The molecule has 5 rings (SSSR count). The Kier molecular flexibility index (Phi) is 4.25. The summed E-state index contributed by atoms with van der Waals surface area (Å²) in [7, 11) is 0. The maximum atomic E-state index is 2.52. The van der Waals surface area contributed by atoms with Gasteiger partial charge in [-0.2, -0.15) is 0 Å². The molecular formula is C28H32N2. The quantitative estimate of drug-likeness (QED) is 0.445. The molecule has 3 aromatic carbocycles. The Morgan fingerprint density at radius 2 is 1.30 bits per heavy atom. The van der Waals surface area contributed by atoms with Crippen LogP contribution in [0.5, 0.6) is 0 Å². The molecule has 2 heteroatoms. The molecule has 0 amide bonds. The molecular weight excluding hydrogens is 364 g/mol. The molecule has 0 saturated heterocycles. The van der Waals surface area contributed by atoms with Crippen molar-refractivity contribution in [2.75, 3.05) is 16.5 Å². The van der Waals surface area contributed by atoms with Crippen LogP contribution in [0, 0.1) is 0 Å². The SMILES string of the molecule is CC(C)c1cc(C(C)C)cc(N2CN3c4ccccc4C(C)(C)c4cccc2c43)c1. The summed E-state index contributed by atoms with van der Waals surface area (Å²) >= 11 is 0. The van der Waals surface area contributed by atoms with Crippen LogP contribution in [0.2, 0.25) is 0 Å². The van der Waals surface area contributed by atoms with E-state index < -0.39 is 0 Å². The van der Waals surface area contributed by atoms with Gasteiger partial charge in [-0.15, -0.1) is 0 Å². The first-order valence-corrected chi connectivity index (χ1v) is 11.2. The van der Waals surface area contributed by atoms with Gasteiger partial charge in [-0.1, -0.05) is 77.9 Å². The average molecular weight is 397 g/mol. The lowest BCUT2D eigenvalue weighted by Crippen LogP contribution is -2.32. The molecule has 2 heterocycles. The topological polar surface area (TPSA) is 6.48 Å². The van der Waals surface area contributed by atoms with Gasteiger partial charge in [0.25, 0.3) is 0 Å². The number of hydrogen-bond donors (Lipinski definition) is 0. The Labute approximate surface area is 181 Å². The van der Waals surface area contributed by atoms with Gasteiger partial charge in [0, 0.05) is 16.8 Å². The number of rotatable bonds is 3. The van der Waals surface area contributed by atoms with Gasteiger partial charge in [0.1, 0.15) is 6.67 Å². The van der Waals surface area contributed by atoms with Crippen LogP contribution in [0.1, 0.15) is 75.6 Å². The van der Waals surface area contributed by atoms with Crippen LogP contribution in [-0.4, -0.2) is 6.67 Å². The van der Waals surface area contributed by atoms with Crippen LogP contribution in [0.3, 0.4) is 0 Å². The van der Waals surface area contributed by atoms with Crippen LogP contribution in [0.4, 0.5) is 22.7 Å². The van der Waals surface area contributed by atoms with Crippen molar-refractivity contribution in [1.29, 1.82) is 0 Å². The summed E-state index contributed by atoms with van der Waals surface area (Å²) in [5, 5.41) is 0. The second-order valence-corrected chi connectivity index (χ2v) is 9.98. The summed E-state index contributed by atoms with van der Waals surface area (Å²) in [4.78, 5) is 5.02. The van der Waals surface area contributed by atoms with Crippen molar-refractivity contribution < 1.29 is 0 Å². The third-order valence-electron chi connectivity index (χ3n) is 7.01. The minimum atomic E-state index is -0.00266. The van der Waals surface area contributed by atoms with E-state index in [1.807, 2.05) is 0 Å². The minimum absolute atomic E-state index is 0.00266. The molecule has 0 fully saturated rings. The summed E-state index contributed by atoms with van der Waals surface area (Å²) in [5.41, 5.74) is 11.0. The van der Waals surface area contributed by atoms with E-state index in [2.05, 4.69) is 112 Å². The van der Waals surface area contributed by atoms with Gasteiger partial charge in [-0.25, -0.2) is 0 Å². The predicted octanol–water partition coefficient (Wildman–Crippen LogP) is 7.82. The van der Waals surface area contributed by atoms with Gasteiger partial charge in [0.05, 0.1) is 11.4 Å². The van der Waals surface area contributed by atoms with Gasteiger partial charge in [-0.05, 0) is 58.4 Å². The highest BCUT2D eigenvalue weighted by Crippen LogP contribution is 2.56. The van der Waals surface area contributed by atoms with E-state index >= 15 is 0 Å². The van der Waals surface area contributed by atoms with Crippen LogP contribution in [-0.2, 0) is 5.41 Å². The first kappa shape index (κ1) is 19.2. The lowest BCUT2D eigenvalue weighted by molar-refractivity contribution is 0.629. The van der Waals surface area contributed by atoms with Crippen molar-refractivity contribution in [3.63, 3.8) is 0 Å². The van der Waals surface area contributed by atoms with E-state index in [1.165, 1.54) is 45.0 Å². The zero-order valence-corrected chi connectivity index (χ0v) is 19.0. The number of anilines is 4. The molecule has 30 heavy (non-hydrogen) atoms. The Morgan fingerprint density at radius 3 is 1.97 bits per heavy atom. The van der Waals surface area contributed by atoms with E-state index in [0.29, 0.717) is 11.8 Å². The van der Waals surface area contributed by atoms with Crippen molar-refractivity contribution >= 4 is 22.7 Å². The summed E-state index contributed by atoms with van der Waals surface area (Å²) < 4.78 is 0. The molecule has 0 radical (unpaired) electrons. The second kappa shape index (κ2) is 6.63. The van der Waals surface area contributed by atoms with E-state index in [4.69, 9.17) is 0 Å². The van der Waals surface area contributed by atoms with Crippen molar-refractivity contribution in [2.24, 2.45) is 0 Å². The number of hydrogen-bond acceptors (Lipinski definition) is 2. The zero-order valence-electron chi connectivity index (χ0n) is 19.0. The van der Waals surface area contributed by atoms with E-state index in [0.717, 1.165) is 6.67 Å². The van der Waals surface area contributed by atoms with E-state index in [-0.39, 0.29) is 5.41 Å². The molecule has 2 aliphatic heterocycles. The zero-order chi connectivity index (χ0) is 21.2. The molecule has 0 spiro atoms. The number of fused-ring (bicyclic) bond motifs is 2. The van der Waals surface area contributed by atoms with E-state index in [9.17, 15) is 0 Å². The first-order chi connectivity index (χ1) is 14.3. The van der Waals surface area contributed by atoms with E-state index in [1.54, 1.807) is 0 Å². The molecule has 2 aliphatic rings. The third kappa shape index (κ3) is 2.70. The summed E-state index contributed by atoms with van der Waals surface area (Å²) in [6, 6.07) is 22.9. The molecule has 154 valence electrons. The highest BCUT2D eigenvalue weighted by molar-refractivity contribution is 5.93. The molecule has 0 N–H and O–H groups in total. The Bertz CT molecular complexity index is 1100. The highest BCUT2D eigenvalue weighted by atomic mass is 15.4. The summed E-state index contributed by atoms with van der Waals surface area (Å²) in [6.45, 7) is 14.7. The fourth-order valence-corrected chi connectivity index (χ4v) is 5.11. The molecule has 0 bridgehead atoms. The monoisotopic (exact) mass is 396 g/mol. The second-order valence-electron chi connectivity index (χ2n) is 9.98. The van der Waals surface area contributed by atoms with Crippen LogP contribution in [0.15, 0.2) is 60.7 Å². The van der Waals surface area contributed by atoms with Crippen molar-refractivity contribution in [3.05, 3.63) is 82.9 Å². The third-order valence-corrected chi connectivity index (χ3v) is 7.01. The summed E-state index contributed by atoms with van der Waals surface area (Å²) in [5.74, 6) is 1.03. The van der Waals surface area contributed by atoms with Crippen molar-refractivity contribution in [3.8, 4) is 0 Å². The Balaban J connectivity index is 1.71. The standard InChI is InChI=1S/C28H32N2/c1-18(2)20-14-21(19(3)4)16-22(15-20)29-17-30-25-12-8-7-10-23(25)28(5,6)24-11-9-13-26(29)27(24)30/h7-16,18-19H,17H2,1-6H3. The highest BCUT2D eigenvalue weighted by Gasteiger charge is 2.42. The van der Waals surface area contributed by atoms with Crippen LogP contribution in [0.25, 0.3) is 0 Å². The summed E-state index contributed by atoms with van der Waals surface area (Å²) in [6.07, 6.45) is 0. The number of nitrogens with zero attached hydrogens (tertiary/aromatic N) is 2. The average Bonchev–Trinajstić information content (AvgIpc) is 3.12. The van der Waals surface area contributed by atoms with Crippen LogP contribution < -0.4 is 9.80 Å². The van der Waals surface area contributed by atoms with Crippen molar-refractivity contribution in [1.82, 2.24) is 0 Å². The lowest BCUT2D eigenvalue weighted by atomic mass is 9.74. The molecule has 0 unspecified atom stereocenters. The molecule has 3 aromatic rings. The minimum Gasteiger partial charge on any atom is -0.321 e.